The van der Waals surface area contributed by atoms with E-state index in [1.165, 1.54) is 12.1 Å². The molecular formula is C13H14N4O4. The number of aryl methyl sites for hydroxylation is 2. The van der Waals surface area contributed by atoms with Gasteiger partial charge in [-0.2, -0.15) is 4.98 Å². The minimum Gasteiger partial charge on any atom is -0.478 e. The Bertz CT molecular complexity index is 681. The van der Waals surface area contributed by atoms with E-state index >= 15 is 0 Å². The lowest BCUT2D eigenvalue weighted by atomic mass is 10.2. The molecule has 0 bridgehead atoms. The third kappa shape index (κ3) is 3.62. The summed E-state index contributed by atoms with van der Waals surface area (Å²) in [6.07, 6.45) is 0.440. The van der Waals surface area contributed by atoms with Crippen LogP contribution in [-0.4, -0.2) is 38.7 Å². The summed E-state index contributed by atoms with van der Waals surface area (Å²) in [7, 11) is 0. The highest BCUT2D eigenvalue weighted by atomic mass is 16.5. The Morgan fingerprint density at radius 2 is 2.05 bits per heavy atom. The summed E-state index contributed by atoms with van der Waals surface area (Å²) in [4.78, 5) is 30.8. The number of carbonyl (C=O) groups excluding carboxylic acids is 1. The van der Waals surface area contributed by atoms with Crippen LogP contribution < -0.4 is 5.32 Å². The van der Waals surface area contributed by atoms with Crippen molar-refractivity contribution in [1.29, 1.82) is 0 Å². The van der Waals surface area contributed by atoms with Gasteiger partial charge in [0.2, 0.25) is 5.89 Å². The third-order valence-electron chi connectivity index (χ3n) is 2.75. The fourth-order valence-electron chi connectivity index (χ4n) is 1.73. The van der Waals surface area contributed by atoms with Crippen LogP contribution in [0.4, 0.5) is 0 Å². The highest BCUT2D eigenvalue weighted by molar-refractivity contribution is 5.94. The highest BCUT2D eigenvalue weighted by Crippen LogP contribution is 2.07. The number of amides is 1. The average molecular weight is 290 g/mol. The van der Waals surface area contributed by atoms with E-state index in [-0.39, 0.29) is 17.2 Å². The summed E-state index contributed by atoms with van der Waals surface area (Å²) < 4.78 is 4.82. The van der Waals surface area contributed by atoms with Crippen LogP contribution in [0.1, 0.15) is 38.3 Å². The maximum Gasteiger partial charge on any atom is 0.337 e. The molecule has 0 saturated carbocycles. The van der Waals surface area contributed by atoms with Crippen LogP contribution in [-0.2, 0) is 6.42 Å². The minimum atomic E-state index is -1.07. The summed E-state index contributed by atoms with van der Waals surface area (Å²) in [6, 6.07) is 2.74. The van der Waals surface area contributed by atoms with Crippen molar-refractivity contribution >= 4 is 11.9 Å². The SMILES string of the molecule is Cc1nc(CCNC(=O)c2ccc(C(=O)O)c(C)n2)no1. The molecule has 0 spiro atoms. The Balaban J connectivity index is 1.94. The van der Waals surface area contributed by atoms with E-state index in [2.05, 4.69) is 20.4 Å². The van der Waals surface area contributed by atoms with E-state index < -0.39 is 5.97 Å². The van der Waals surface area contributed by atoms with E-state index in [4.69, 9.17) is 9.63 Å². The van der Waals surface area contributed by atoms with Crippen molar-refractivity contribution < 1.29 is 19.2 Å². The second kappa shape index (κ2) is 6.12. The Labute approximate surface area is 120 Å². The molecule has 110 valence electrons. The average Bonchev–Trinajstić information content (AvgIpc) is 2.83. The van der Waals surface area contributed by atoms with Crippen LogP contribution in [0.25, 0.3) is 0 Å². The number of aromatic carboxylic acids is 1. The lowest BCUT2D eigenvalue weighted by molar-refractivity contribution is 0.0694. The number of nitrogens with one attached hydrogen (secondary N) is 1. The molecule has 0 aromatic carbocycles. The number of nitrogens with zero attached hydrogens (tertiary/aromatic N) is 3. The number of hydrogen-bond acceptors (Lipinski definition) is 6. The van der Waals surface area contributed by atoms with Gasteiger partial charge in [0, 0.05) is 19.9 Å². The van der Waals surface area contributed by atoms with E-state index in [1.807, 2.05) is 0 Å². The van der Waals surface area contributed by atoms with Crippen molar-refractivity contribution in [3.8, 4) is 0 Å². The zero-order valence-electron chi connectivity index (χ0n) is 11.6. The number of carboxylic acids is 1. The predicted octanol–water partition coefficient (Wildman–Crippen LogP) is 0.752. The summed E-state index contributed by atoms with van der Waals surface area (Å²) in [6.45, 7) is 3.56. The molecule has 0 fully saturated rings. The molecule has 0 aliphatic heterocycles. The molecule has 0 saturated heterocycles. The highest BCUT2D eigenvalue weighted by Gasteiger charge is 2.13. The van der Waals surface area contributed by atoms with Crippen molar-refractivity contribution in [1.82, 2.24) is 20.4 Å². The number of carbonyl (C=O) groups is 2. The molecule has 0 aliphatic carbocycles. The van der Waals surface area contributed by atoms with Gasteiger partial charge in [-0.25, -0.2) is 9.78 Å². The van der Waals surface area contributed by atoms with E-state index in [0.717, 1.165) is 0 Å². The fraction of sp³-hybridized carbons (Fsp3) is 0.308. The predicted molar refractivity (Wildman–Crippen MR) is 71.0 cm³/mol. The fourth-order valence-corrected chi connectivity index (χ4v) is 1.73. The van der Waals surface area contributed by atoms with Gasteiger partial charge in [-0.15, -0.1) is 0 Å². The quantitative estimate of drug-likeness (QED) is 0.834. The molecule has 0 aliphatic rings. The molecule has 2 aromatic heterocycles. The van der Waals surface area contributed by atoms with Crippen LogP contribution in [0.2, 0.25) is 0 Å². The molecule has 1 amide bonds. The molecular weight excluding hydrogens is 276 g/mol. The minimum absolute atomic E-state index is 0.0776. The smallest absolute Gasteiger partial charge is 0.337 e. The van der Waals surface area contributed by atoms with Crippen molar-refractivity contribution in [2.75, 3.05) is 6.54 Å². The normalized spacial score (nSPS) is 10.4. The molecule has 0 atom stereocenters. The Morgan fingerprint density at radius 3 is 2.62 bits per heavy atom. The van der Waals surface area contributed by atoms with Gasteiger partial charge >= 0.3 is 5.97 Å². The number of rotatable bonds is 5. The molecule has 8 heteroatoms. The van der Waals surface area contributed by atoms with Crippen molar-refractivity contribution in [2.45, 2.75) is 20.3 Å². The van der Waals surface area contributed by atoms with Crippen molar-refractivity contribution in [3.63, 3.8) is 0 Å². The Hall–Kier alpha value is -2.77. The van der Waals surface area contributed by atoms with Crippen molar-refractivity contribution in [2.24, 2.45) is 0 Å². The number of carboxylic acid groups (broad SMARTS) is 1. The molecule has 2 aromatic rings. The van der Waals surface area contributed by atoms with Gasteiger partial charge in [0.05, 0.1) is 11.3 Å². The molecule has 0 unspecified atom stereocenters. The Kier molecular flexibility index (Phi) is 4.27. The van der Waals surface area contributed by atoms with Crippen LogP contribution in [0.3, 0.4) is 0 Å². The van der Waals surface area contributed by atoms with Gasteiger partial charge in [0.1, 0.15) is 5.69 Å². The zero-order valence-corrected chi connectivity index (χ0v) is 11.6. The lowest BCUT2D eigenvalue weighted by Crippen LogP contribution is -2.27. The first-order valence-electron chi connectivity index (χ1n) is 6.25. The Morgan fingerprint density at radius 1 is 1.29 bits per heavy atom. The molecule has 8 nitrogen and oxygen atoms in total. The van der Waals surface area contributed by atoms with Gasteiger partial charge in [-0.3, -0.25) is 4.79 Å². The summed E-state index contributed by atoms with van der Waals surface area (Å²) >= 11 is 0. The summed E-state index contributed by atoms with van der Waals surface area (Å²) in [5, 5.41) is 15.3. The van der Waals surface area contributed by atoms with Crippen molar-refractivity contribution in [3.05, 3.63) is 40.8 Å². The second-order valence-corrected chi connectivity index (χ2v) is 4.37. The number of hydrogen-bond donors (Lipinski definition) is 2. The maximum atomic E-state index is 11.9. The zero-order chi connectivity index (χ0) is 15.4. The van der Waals surface area contributed by atoms with Crippen LogP contribution in [0.5, 0.6) is 0 Å². The van der Waals surface area contributed by atoms with E-state index in [0.29, 0.717) is 30.4 Å². The monoisotopic (exact) mass is 290 g/mol. The van der Waals surface area contributed by atoms with Gasteiger partial charge < -0.3 is 14.9 Å². The standard InChI is InChI=1S/C13H14N4O4/c1-7-9(13(19)20)3-4-10(15-7)12(18)14-6-5-11-16-8(2)21-17-11/h3-4H,5-6H2,1-2H3,(H,14,18)(H,19,20). The molecule has 21 heavy (non-hydrogen) atoms. The third-order valence-corrected chi connectivity index (χ3v) is 2.75. The second-order valence-electron chi connectivity index (χ2n) is 4.37. The lowest BCUT2D eigenvalue weighted by Gasteiger charge is -2.05. The van der Waals surface area contributed by atoms with E-state index in [1.54, 1.807) is 13.8 Å². The van der Waals surface area contributed by atoms with Gasteiger partial charge in [-0.1, -0.05) is 5.16 Å². The largest absolute Gasteiger partial charge is 0.478 e. The molecule has 0 radical (unpaired) electrons. The molecule has 2 rings (SSSR count). The van der Waals surface area contributed by atoms with Gasteiger partial charge in [0.15, 0.2) is 5.82 Å². The first kappa shape index (κ1) is 14.6. The maximum absolute atomic E-state index is 11.9. The van der Waals surface area contributed by atoms with Crippen LogP contribution in [0, 0.1) is 13.8 Å². The molecule has 2 N–H and O–H groups in total. The van der Waals surface area contributed by atoms with Crippen LogP contribution in [0.15, 0.2) is 16.7 Å². The van der Waals surface area contributed by atoms with Gasteiger partial charge in [-0.05, 0) is 19.1 Å². The summed E-state index contributed by atoms with van der Waals surface area (Å²) in [5.41, 5.74) is 0.541. The molecule has 2 heterocycles. The topological polar surface area (TPSA) is 118 Å². The van der Waals surface area contributed by atoms with E-state index in [9.17, 15) is 9.59 Å². The number of pyridine rings is 1. The van der Waals surface area contributed by atoms with Gasteiger partial charge in [0.25, 0.3) is 5.91 Å². The number of aromatic nitrogens is 3. The van der Waals surface area contributed by atoms with Crippen LogP contribution >= 0.6 is 0 Å². The first-order valence-corrected chi connectivity index (χ1v) is 6.25. The summed E-state index contributed by atoms with van der Waals surface area (Å²) in [5.74, 6) is -0.467. The first-order chi connectivity index (χ1) is 9.97.